The first kappa shape index (κ1) is 22.8. The predicted octanol–water partition coefficient (Wildman–Crippen LogP) is 2.61. The molecule has 4 atom stereocenters. The van der Waals surface area contributed by atoms with E-state index < -0.39 is 29.7 Å². The summed E-state index contributed by atoms with van der Waals surface area (Å²) in [6.07, 6.45) is 4.26. The summed E-state index contributed by atoms with van der Waals surface area (Å²) < 4.78 is 16.0. The highest BCUT2D eigenvalue weighted by molar-refractivity contribution is 5.84. The van der Waals surface area contributed by atoms with E-state index in [1.807, 2.05) is 0 Å². The number of aliphatic hydroxyl groups excluding tert-OH is 1. The minimum absolute atomic E-state index is 0.105. The first-order valence-corrected chi connectivity index (χ1v) is 12.2. The van der Waals surface area contributed by atoms with Gasteiger partial charge in [0.1, 0.15) is 5.82 Å². The highest BCUT2D eigenvalue weighted by Crippen LogP contribution is 2.49. The molecular formula is C26H30FN3O4. The maximum Gasteiger partial charge on any atom is 0.258 e. The monoisotopic (exact) mass is 467 g/mol. The van der Waals surface area contributed by atoms with E-state index in [0.717, 1.165) is 25.7 Å². The van der Waals surface area contributed by atoms with E-state index >= 15 is 0 Å². The molecule has 2 aliphatic heterocycles. The van der Waals surface area contributed by atoms with Gasteiger partial charge in [-0.1, -0.05) is 38.0 Å². The van der Waals surface area contributed by atoms with Gasteiger partial charge in [0.15, 0.2) is 0 Å². The van der Waals surface area contributed by atoms with Gasteiger partial charge < -0.3 is 19.9 Å². The summed E-state index contributed by atoms with van der Waals surface area (Å²) in [5, 5.41) is 13.5. The molecule has 1 saturated carbocycles. The average molecular weight is 468 g/mol. The molecule has 2 bridgehead atoms. The van der Waals surface area contributed by atoms with E-state index in [4.69, 9.17) is 0 Å². The fraction of sp³-hybridized carbons (Fsp3) is 0.500. The molecule has 5 rings (SSSR count). The Hall–Kier alpha value is -3.00. The lowest BCUT2D eigenvalue weighted by Crippen LogP contribution is -2.49. The molecule has 1 aromatic carbocycles. The Morgan fingerprint density at radius 3 is 2.53 bits per heavy atom. The Kier molecular flexibility index (Phi) is 6.02. The number of fused-ring (bicyclic) bond motifs is 4. The van der Waals surface area contributed by atoms with Crippen LogP contribution in [0, 0.1) is 17.7 Å². The van der Waals surface area contributed by atoms with Gasteiger partial charge in [-0.15, -0.1) is 0 Å². The molecule has 34 heavy (non-hydrogen) atoms. The highest BCUT2D eigenvalue weighted by atomic mass is 19.1. The Bertz CT molecular complexity index is 1170. The molecule has 0 unspecified atom stereocenters. The standard InChI is InChI=1S/C26H30FN3O4/c1-2-22(32)30-21-13-29-20(12-11-17(26(29)34)16-9-5-6-10-19(16)27)24(30)23(18(21)14-31)25(33)28-15-7-3-4-8-15/h5-6,9-12,15,18,21,23-24,31H,2-4,7-8,13-14H2,1H3,(H,28,33)/t18-,21-,23+,24+/m1/s1. The Balaban J connectivity index is 1.61. The lowest BCUT2D eigenvalue weighted by atomic mass is 9.86. The molecule has 2 fully saturated rings. The molecule has 2 amide bonds. The molecule has 7 nitrogen and oxygen atoms in total. The van der Waals surface area contributed by atoms with Crippen molar-refractivity contribution in [3.8, 4) is 11.1 Å². The van der Waals surface area contributed by atoms with E-state index in [1.54, 1.807) is 46.7 Å². The average Bonchev–Trinajstić information content (AvgIpc) is 3.43. The van der Waals surface area contributed by atoms with E-state index in [-0.39, 0.29) is 54.1 Å². The lowest BCUT2D eigenvalue weighted by molar-refractivity contribution is -0.136. The van der Waals surface area contributed by atoms with Gasteiger partial charge >= 0.3 is 0 Å². The van der Waals surface area contributed by atoms with Crippen LogP contribution in [0.5, 0.6) is 0 Å². The van der Waals surface area contributed by atoms with Crippen LogP contribution in [0.4, 0.5) is 4.39 Å². The molecule has 2 N–H and O–H groups in total. The van der Waals surface area contributed by atoms with Crippen molar-refractivity contribution in [3.05, 3.63) is 58.3 Å². The van der Waals surface area contributed by atoms with Crippen LogP contribution in [-0.2, 0) is 16.1 Å². The third kappa shape index (κ3) is 3.55. The van der Waals surface area contributed by atoms with Crippen LogP contribution in [0.2, 0.25) is 0 Å². The van der Waals surface area contributed by atoms with Crippen LogP contribution in [0.3, 0.4) is 0 Å². The number of amides is 2. The molecule has 1 aliphatic carbocycles. The minimum Gasteiger partial charge on any atom is -0.396 e. The van der Waals surface area contributed by atoms with Gasteiger partial charge in [0, 0.05) is 42.8 Å². The summed E-state index contributed by atoms with van der Waals surface area (Å²) in [5.41, 5.74) is 0.667. The zero-order chi connectivity index (χ0) is 24.0. The molecule has 0 spiro atoms. The number of halogens is 1. The van der Waals surface area contributed by atoms with Gasteiger partial charge in [-0.25, -0.2) is 4.39 Å². The molecular weight excluding hydrogens is 437 g/mol. The number of aromatic nitrogens is 1. The number of nitrogens with one attached hydrogen (secondary N) is 1. The first-order valence-electron chi connectivity index (χ1n) is 12.2. The van der Waals surface area contributed by atoms with Crippen LogP contribution < -0.4 is 10.9 Å². The smallest absolute Gasteiger partial charge is 0.258 e. The fourth-order valence-corrected chi connectivity index (χ4v) is 6.18. The molecule has 1 aromatic heterocycles. The number of aliphatic hydroxyl groups is 1. The van der Waals surface area contributed by atoms with E-state index in [9.17, 15) is 23.9 Å². The first-order chi connectivity index (χ1) is 16.5. The normalized spacial score (nSPS) is 25.9. The van der Waals surface area contributed by atoms with Crippen LogP contribution in [0.15, 0.2) is 41.2 Å². The molecule has 180 valence electrons. The summed E-state index contributed by atoms with van der Waals surface area (Å²) in [7, 11) is 0. The Morgan fingerprint density at radius 1 is 1.12 bits per heavy atom. The molecule has 2 aromatic rings. The predicted molar refractivity (Wildman–Crippen MR) is 124 cm³/mol. The summed E-state index contributed by atoms with van der Waals surface area (Å²) >= 11 is 0. The number of benzene rings is 1. The van der Waals surface area contributed by atoms with Crippen LogP contribution >= 0.6 is 0 Å². The van der Waals surface area contributed by atoms with E-state index in [2.05, 4.69) is 5.32 Å². The topological polar surface area (TPSA) is 91.6 Å². The number of carbonyl (C=O) groups is 2. The SMILES string of the molecule is CCC(=O)N1[C@@H]2Cn3c(ccc(-c4ccccc4F)c3=O)[C@H]1[C@@H](C(=O)NC1CCCC1)[C@@H]2CO. The zero-order valence-corrected chi connectivity index (χ0v) is 19.2. The molecule has 3 heterocycles. The summed E-state index contributed by atoms with van der Waals surface area (Å²) in [6.45, 7) is 1.67. The van der Waals surface area contributed by atoms with Crippen molar-refractivity contribution < 1.29 is 19.1 Å². The quantitative estimate of drug-likeness (QED) is 0.707. The maximum atomic E-state index is 14.5. The lowest BCUT2D eigenvalue weighted by Gasteiger charge is -2.38. The molecule has 1 saturated heterocycles. The third-order valence-electron chi connectivity index (χ3n) is 7.80. The molecule has 3 aliphatic rings. The van der Waals surface area contributed by atoms with Gasteiger partial charge in [0.05, 0.1) is 23.6 Å². The van der Waals surface area contributed by atoms with Crippen molar-refractivity contribution in [3.63, 3.8) is 0 Å². The van der Waals surface area contributed by atoms with Crippen molar-refractivity contribution in [2.45, 2.75) is 63.7 Å². The summed E-state index contributed by atoms with van der Waals surface area (Å²) in [6, 6.07) is 8.42. The maximum absolute atomic E-state index is 14.5. The number of pyridine rings is 1. The minimum atomic E-state index is -0.654. The molecule has 8 heteroatoms. The fourth-order valence-electron chi connectivity index (χ4n) is 6.18. The van der Waals surface area contributed by atoms with Crippen molar-refractivity contribution in [2.75, 3.05) is 6.61 Å². The van der Waals surface area contributed by atoms with Gasteiger partial charge in [-0.2, -0.15) is 0 Å². The van der Waals surface area contributed by atoms with Gasteiger partial charge in [0.2, 0.25) is 11.8 Å². The van der Waals surface area contributed by atoms with Crippen molar-refractivity contribution in [2.24, 2.45) is 11.8 Å². The summed E-state index contributed by atoms with van der Waals surface area (Å²) in [5.74, 6) is -1.91. The van der Waals surface area contributed by atoms with Gasteiger partial charge in [0.25, 0.3) is 5.56 Å². The number of hydrogen-bond donors (Lipinski definition) is 2. The van der Waals surface area contributed by atoms with E-state index in [0.29, 0.717) is 5.69 Å². The molecule has 0 radical (unpaired) electrons. The second-order valence-corrected chi connectivity index (χ2v) is 9.60. The van der Waals surface area contributed by atoms with Gasteiger partial charge in [-0.05, 0) is 31.0 Å². The Morgan fingerprint density at radius 2 is 1.85 bits per heavy atom. The highest BCUT2D eigenvalue weighted by Gasteiger charge is 2.57. The largest absolute Gasteiger partial charge is 0.396 e. The number of rotatable bonds is 5. The van der Waals surface area contributed by atoms with Crippen molar-refractivity contribution in [1.82, 2.24) is 14.8 Å². The second kappa shape index (κ2) is 8.98. The van der Waals surface area contributed by atoms with Crippen molar-refractivity contribution >= 4 is 11.8 Å². The van der Waals surface area contributed by atoms with Crippen LogP contribution in [0.1, 0.15) is 50.8 Å². The van der Waals surface area contributed by atoms with Crippen molar-refractivity contribution in [1.29, 1.82) is 0 Å². The number of nitrogens with zero attached hydrogens (tertiary/aromatic N) is 2. The second-order valence-electron chi connectivity index (χ2n) is 9.60. The number of hydrogen-bond acceptors (Lipinski definition) is 4. The van der Waals surface area contributed by atoms with E-state index in [1.165, 1.54) is 6.07 Å². The van der Waals surface area contributed by atoms with Crippen LogP contribution in [0.25, 0.3) is 11.1 Å². The zero-order valence-electron chi connectivity index (χ0n) is 19.2. The number of carbonyl (C=O) groups excluding carboxylic acids is 2. The van der Waals surface area contributed by atoms with Gasteiger partial charge in [-0.3, -0.25) is 14.4 Å². The summed E-state index contributed by atoms with van der Waals surface area (Å²) in [4.78, 5) is 41.7. The Labute approximate surface area is 197 Å². The third-order valence-corrected chi connectivity index (χ3v) is 7.80. The van der Waals surface area contributed by atoms with Crippen LogP contribution in [-0.4, -0.2) is 45.1 Å².